The second-order valence-corrected chi connectivity index (χ2v) is 2.53. The van der Waals surface area contributed by atoms with Crippen LogP contribution in [-0.2, 0) is 4.79 Å². The zero-order chi connectivity index (χ0) is 8.43. The van der Waals surface area contributed by atoms with Gasteiger partial charge in [0.2, 0.25) is 0 Å². The van der Waals surface area contributed by atoms with Crippen LogP contribution >= 0.6 is 0 Å². The van der Waals surface area contributed by atoms with Crippen LogP contribution in [0.2, 0.25) is 0 Å². The van der Waals surface area contributed by atoms with Crippen LogP contribution < -0.4 is 0 Å². The van der Waals surface area contributed by atoms with Crippen molar-refractivity contribution in [1.82, 2.24) is 4.90 Å². The normalized spacial score (nSPS) is 30.7. The first-order valence-electron chi connectivity index (χ1n) is 3.47. The van der Waals surface area contributed by atoms with Crippen LogP contribution in [0, 0.1) is 0 Å². The maximum Gasteiger partial charge on any atom is 0.187 e. The summed E-state index contributed by atoms with van der Waals surface area (Å²) in [6.45, 7) is 5.32. The molecule has 0 aromatic carbocycles. The van der Waals surface area contributed by atoms with Crippen LogP contribution in [0.5, 0.6) is 0 Å². The maximum atomic E-state index is 10.9. The molecule has 2 atom stereocenters. The smallest absolute Gasteiger partial charge is 0.187 e. The number of carbonyl (C=O) groups excluding carboxylic acids is 1. The molecule has 1 heterocycles. The van der Waals surface area contributed by atoms with Gasteiger partial charge in [0.25, 0.3) is 0 Å². The highest BCUT2D eigenvalue weighted by molar-refractivity contribution is 5.94. The summed E-state index contributed by atoms with van der Waals surface area (Å²) in [6.07, 6.45) is 3.63. The lowest BCUT2D eigenvalue weighted by Crippen LogP contribution is -2.42. The lowest BCUT2D eigenvalue weighted by atomic mass is 10.0. The molecule has 1 rings (SSSR count). The van der Waals surface area contributed by atoms with E-state index in [0.29, 0.717) is 0 Å². The maximum absolute atomic E-state index is 10.9. The van der Waals surface area contributed by atoms with Gasteiger partial charge >= 0.3 is 0 Å². The van der Waals surface area contributed by atoms with E-state index in [2.05, 4.69) is 6.58 Å². The third-order valence-electron chi connectivity index (χ3n) is 1.84. The molecule has 0 aromatic heterocycles. The number of nitrogens with zero attached hydrogens (tertiary/aromatic N) is 1. The van der Waals surface area contributed by atoms with Gasteiger partial charge in [-0.05, 0) is 13.1 Å². The number of aliphatic hydroxyl groups excluding tert-OH is 1. The van der Waals surface area contributed by atoms with E-state index in [9.17, 15) is 9.90 Å². The highest BCUT2D eigenvalue weighted by Crippen LogP contribution is 2.12. The van der Waals surface area contributed by atoms with Crippen LogP contribution in [0.25, 0.3) is 0 Å². The molecule has 11 heavy (non-hydrogen) atoms. The number of carbonyl (C=O) groups is 1. The molecule has 1 aliphatic rings. The SMILES string of the molecule is C=CN1C=CC(=O)C(O)C1C. The molecule has 1 N–H and O–H groups in total. The standard InChI is InChI=1S/C8H11NO2/c1-3-9-5-4-7(10)8(11)6(9)2/h3-6,8,11H,1H2,2H3. The topological polar surface area (TPSA) is 40.5 Å². The monoisotopic (exact) mass is 153 g/mol. The van der Waals surface area contributed by atoms with Crippen molar-refractivity contribution in [2.75, 3.05) is 0 Å². The number of rotatable bonds is 1. The fourth-order valence-corrected chi connectivity index (χ4v) is 1.02. The molecule has 0 spiro atoms. The van der Waals surface area contributed by atoms with Gasteiger partial charge in [0.15, 0.2) is 5.78 Å². The molecule has 2 unspecified atom stereocenters. The number of aliphatic hydroxyl groups is 1. The summed E-state index contributed by atoms with van der Waals surface area (Å²) < 4.78 is 0. The highest BCUT2D eigenvalue weighted by atomic mass is 16.3. The van der Waals surface area contributed by atoms with E-state index in [0.717, 1.165) is 0 Å². The first-order chi connectivity index (χ1) is 5.16. The molecule has 0 amide bonds. The Labute approximate surface area is 65.6 Å². The Morgan fingerprint density at radius 3 is 3.00 bits per heavy atom. The summed E-state index contributed by atoms with van der Waals surface area (Å²) in [6, 6.07) is -0.204. The van der Waals surface area contributed by atoms with Crippen LogP contribution in [0.1, 0.15) is 6.92 Å². The predicted octanol–water partition coefficient (Wildman–Crippen LogP) is 0.278. The third kappa shape index (κ3) is 1.33. The summed E-state index contributed by atoms with van der Waals surface area (Å²) in [7, 11) is 0. The molecule has 60 valence electrons. The predicted molar refractivity (Wildman–Crippen MR) is 41.7 cm³/mol. The van der Waals surface area contributed by atoms with E-state index >= 15 is 0 Å². The number of hydrogen-bond donors (Lipinski definition) is 1. The number of ketones is 1. The van der Waals surface area contributed by atoms with Crippen molar-refractivity contribution < 1.29 is 9.90 Å². The average Bonchev–Trinajstić information content (AvgIpc) is 2.01. The Balaban J connectivity index is 2.83. The lowest BCUT2D eigenvalue weighted by Gasteiger charge is -2.29. The van der Waals surface area contributed by atoms with Gasteiger partial charge in [-0.1, -0.05) is 6.58 Å². The van der Waals surface area contributed by atoms with E-state index in [1.807, 2.05) is 0 Å². The van der Waals surface area contributed by atoms with Gasteiger partial charge in [-0.15, -0.1) is 0 Å². The van der Waals surface area contributed by atoms with Gasteiger partial charge in [-0.25, -0.2) is 0 Å². The van der Waals surface area contributed by atoms with Crippen LogP contribution in [0.15, 0.2) is 25.1 Å². The van der Waals surface area contributed by atoms with Gasteiger partial charge in [-0.2, -0.15) is 0 Å². The molecule has 0 aliphatic carbocycles. The summed E-state index contributed by atoms with van der Waals surface area (Å²) in [5.74, 6) is -0.240. The van der Waals surface area contributed by atoms with Gasteiger partial charge < -0.3 is 10.0 Å². The molecule has 0 saturated carbocycles. The summed E-state index contributed by atoms with van der Waals surface area (Å²) in [4.78, 5) is 12.6. The Hall–Kier alpha value is -1.09. The van der Waals surface area contributed by atoms with Gasteiger partial charge in [0, 0.05) is 12.3 Å². The van der Waals surface area contributed by atoms with Gasteiger partial charge in [0.1, 0.15) is 6.10 Å². The molecule has 3 nitrogen and oxygen atoms in total. The summed E-state index contributed by atoms with van der Waals surface area (Å²) in [5.41, 5.74) is 0. The Bertz CT molecular complexity index is 210. The Morgan fingerprint density at radius 1 is 1.82 bits per heavy atom. The molecule has 1 aliphatic heterocycles. The van der Waals surface area contributed by atoms with Crippen molar-refractivity contribution in [3.05, 3.63) is 25.1 Å². The van der Waals surface area contributed by atoms with Crippen LogP contribution in [0.3, 0.4) is 0 Å². The quantitative estimate of drug-likeness (QED) is 0.588. The van der Waals surface area contributed by atoms with E-state index in [-0.39, 0.29) is 11.8 Å². The van der Waals surface area contributed by atoms with Crippen LogP contribution in [-0.4, -0.2) is 27.9 Å². The fourth-order valence-electron chi connectivity index (χ4n) is 1.02. The lowest BCUT2D eigenvalue weighted by molar-refractivity contribution is -0.125. The summed E-state index contributed by atoms with van der Waals surface area (Å²) >= 11 is 0. The zero-order valence-electron chi connectivity index (χ0n) is 6.40. The molecular weight excluding hydrogens is 142 g/mol. The highest BCUT2D eigenvalue weighted by Gasteiger charge is 2.26. The van der Waals surface area contributed by atoms with Crippen LogP contribution in [0.4, 0.5) is 0 Å². The molecule has 0 aromatic rings. The molecule has 0 bridgehead atoms. The first-order valence-corrected chi connectivity index (χ1v) is 3.47. The minimum atomic E-state index is -0.919. The average molecular weight is 153 g/mol. The third-order valence-corrected chi connectivity index (χ3v) is 1.84. The van der Waals surface area contributed by atoms with E-state index < -0.39 is 6.10 Å². The van der Waals surface area contributed by atoms with Crippen molar-refractivity contribution in [1.29, 1.82) is 0 Å². The van der Waals surface area contributed by atoms with Crippen molar-refractivity contribution in [2.24, 2.45) is 0 Å². The second kappa shape index (κ2) is 2.88. The van der Waals surface area contributed by atoms with Crippen molar-refractivity contribution in [3.63, 3.8) is 0 Å². The second-order valence-electron chi connectivity index (χ2n) is 2.53. The van der Waals surface area contributed by atoms with Gasteiger partial charge in [-0.3, -0.25) is 4.79 Å². The molecule has 3 heteroatoms. The van der Waals surface area contributed by atoms with E-state index in [1.165, 1.54) is 6.08 Å². The van der Waals surface area contributed by atoms with Crippen molar-refractivity contribution in [2.45, 2.75) is 19.1 Å². The molecule has 0 fully saturated rings. The van der Waals surface area contributed by atoms with Crippen molar-refractivity contribution in [3.8, 4) is 0 Å². The molecule has 0 saturated heterocycles. The Morgan fingerprint density at radius 2 is 2.45 bits per heavy atom. The summed E-state index contributed by atoms with van der Waals surface area (Å²) in [5, 5.41) is 9.26. The fraction of sp³-hybridized carbons (Fsp3) is 0.375. The zero-order valence-corrected chi connectivity index (χ0v) is 6.40. The minimum absolute atomic E-state index is 0.204. The van der Waals surface area contributed by atoms with E-state index in [1.54, 1.807) is 24.2 Å². The number of hydrogen-bond acceptors (Lipinski definition) is 3. The minimum Gasteiger partial charge on any atom is -0.383 e. The molecular formula is C8H11NO2. The van der Waals surface area contributed by atoms with Gasteiger partial charge in [0.05, 0.1) is 6.04 Å². The largest absolute Gasteiger partial charge is 0.383 e. The van der Waals surface area contributed by atoms with E-state index in [4.69, 9.17) is 0 Å². The molecule has 0 radical (unpaired) electrons. The Kier molecular flexibility index (Phi) is 2.10. The van der Waals surface area contributed by atoms with Crippen molar-refractivity contribution >= 4 is 5.78 Å². The first kappa shape index (κ1) is 8.01.